The molecule has 1 aromatic heterocycles. The van der Waals surface area contributed by atoms with Gasteiger partial charge in [0.2, 0.25) is 0 Å². The average molecular weight is 375 g/mol. The molecule has 0 aliphatic heterocycles. The molecule has 0 aliphatic rings. The van der Waals surface area contributed by atoms with Crippen molar-refractivity contribution >= 4 is 38.8 Å². The molecule has 6 nitrogen and oxygen atoms in total. The Balaban J connectivity index is 1.71. The fourth-order valence-electron chi connectivity index (χ4n) is 2.08. The van der Waals surface area contributed by atoms with Gasteiger partial charge in [0, 0.05) is 11.4 Å². The summed E-state index contributed by atoms with van der Waals surface area (Å²) in [5.74, 6) is 0.539. The van der Waals surface area contributed by atoms with Crippen LogP contribution in [0, 0.1) is 6.92 Å². The normalized spacial score (nSPS) is 11.1. The molecule has 0 unspecified atom stereocenters. The number of nitrogens with zero attached hydrogens (tertiary/aromatic N) is 2. The smallest absolute Gasteiger partial charge is 0.261 e. The Kier molecular flexibility index (Phi) is 4.87. The van der Waals surface area contributed by atoms with Crippen LogP contribution in [0.2, 0.25) is 5.15 Å². The molecule has 8 heteroatoms. The number of aryl methyl sites for hydroxylation is 1. The van der Waals surface area contributed by atoms with Crippen molar-refractivity contribution in [1.82, 2.24) is 10.2 Å². The lowest BCUT2D eigenvalue weighted by Gasteiger charge is -2.10. The van der Waals surface area contributed by atoms with Crippen LogP contribution in [0.1, 0.15) is 5.56 Å². The van der Waals surface area contributed by atoms with Crippen molar-refractivity contribution in [3.05, 3.63) is 71.4 Å². The van der Waals surface area contributed by atoms with Gasteiger partial charge in [0.25, 0.3) is 10.0 Å². The maximum absolute atomic E-state index is 12.4. The number of hydrogen-bond acceptors (Lipinski definition) is 5. The van der Waals surface area contributed by atoms with E-state index in [1.807, 2.05) is 6.92 Å². The molecule has 0 atom stereocenters. The van der Waals surface area contributed by atoms with E-state index >= 15 is 0 Å². The van der Waals surface area contributed by atoms with Gasteiger partial charge in [-0.1, -0.05) is 29.3 Å². The molecule has 1 heterocycles. The third-order valence-corrected chi connectivity index (χ3v) is 4.97. The zero-order chi connectivity index (χ0) is 17.9. The first-order valence-electron chi connectivity index (χ1n) is 7.38. The fourth-order valence-corrected chi connectivity index (χ4v) is 3.24. The molecule has 128 valence electrons. The molecule has 0 radical (unpaired) electrons. The number of anilines is 3. The quantitative estimate of drug-likeness (QED) is 0.705. The second-order valence-corrected chi connectivity index (χ2v) is 7.43. The predicted molar refractivity (Wildman–Crippen MR) is 98.8 cm³/mol. The summed E-state index contributed by atoms with van der Waals surface area (Å²) < 4.78 is 27.3. The van der Waals surface area contributed by atoms with E-state index in [1.165, 1.54) is 0 Å². The van der Waals surface area contributed by atoms with Gasteiger partial charge < -0.3 is 5.32 Å². The first-order valence-corrected chi connectivity index (χ1v) is 9.24. The van der Waals surface area contributed by atoms with Gasteiger partial charge in [-0.05, 0) is 55.5 Å². The lowest BCUT2D eigenvalue weighted by molar-refractivity contribution is 0.601. The first-order chi connectivity index (χ1) is 11.9. The largest absolute Gasteiger partial charge is 0.339 e. The van der Waals surface area contributed by atoms with Crippen LogP contribution >= 0.6 is 11.6 Å². The second kappa shape index (κ2) is 7.08. The summed E-state index contributed by atoms with van der Waals surface area (Å²) in [6, 6.07) is 16.8. The molecule has 0 aliphatic carbocycles. The lowest BCUT2D eigenvalue weighted by atomic mass is 10.2. The molecule has 3 aromatic rings. The van der Waals surface area contributed by atoms with E-state index in [-0.39, 0.29) is 4.90 Å². The van der Waals surface area contributed by atoms with Crippen molar-refractivity contribution in [1.29, 1.82) is 0 Å². The molecule has 2 aromatic carbocycles. The number of halogens is 1. The first kappa shape index (κ1) is 17.2. The highest BCUT2D eigenvalue weighted by molar-refractivity contribution is 7.92. The van der Waals surface area contributed by atoms with Crippen LogP contribution in [0.25, 0.3) is 0 Å². The van der Waals surface area contributed by atoms with Crippen LogP contribution < -0.4 is 10.0 Å². The summed E-state index contributed by atoms with van der Waals surface area (Å²) >= 11 is 5.69. The van der Waals surface area contributed by atoms with Crippen molar-refractivity contribution in [3.8, 4) is 0 Å². The molecule has 0 saturated heterocycles. The Morgan fingerprint density at radius 1 is 0.840 bits per heavy atom. The molecule has 2 N–H and O–H groups in total. The van der Waals surface area contributed by atoms with Crippen molar-refractivity contribution in [2.75, 3.05) is 10.0 Å². The third-order valence-electron chi connectivity index (χ3n) is 3.37. The average Bonchev–Trinajstić information content (AvgIpc) is 2.59. The van der Waals surface area contributed by atoms with E-state index in [9.17, 15) is 8.42 Å². The molecule has 0 bridgehead atoms. The topological polar surface area (TPSA) is 84.0 Å². The van der Waals surface area contributed by atoms with E-state index in [0.29, 0.717) is 16.7 Å². The summed E-state index contributed by atoms with van der Waals surface area (Å²) in [5, 5.41) is 11.0. The van der Waals surface area contributed by atoms with Crippen LogP contribution in [-0.4, -0.2) is 18.6 Å². The van der Waals surface area contributed by atoms with E-state index in [0.717, 1.165) is 11.3 Å². The van der Waals surface area contributed by atoms with Gasteiger partial charge in [0.15, 0.2) is 11.0 Å². The van der Waals surface area contributed by atoms with Gasteiger partial charge in [-0.25, -0.2) is 8.42 Å². The van der Waals surface area contributed by atoms with Crippen LogP contribution in [-0.2, 0) is 10.0 Å². The van der Waals surface area contributed by atoms with Gasteiger partial charge in [0.1, 0.15) is 0 Å². The van der Waals surface area contributed by atoms with Crippen molar-refractivity contribution < 1.29 is 8.42 Å². The molecular weight excluding hydrogens is 360 g/mol. The highest BCUT2D eigenvalue weighted by atomic mass is 35.5. The zero-order valence-electron chi connectivity index (χ0n) is 13.3. The van der Waals surface area contributed by atoms with Crippen molar-refractivity contribution in [2.24, 2.45) is 0 Å². The molecule has 3 rings (SSSR count). The molecule has 25 heavy (non-hydrogen) atoms. The van der Waals surface area contributed by atoms with E-state index < -0.39 is 10.0 Å². The van der Waals surface area contributed by atoms with Crippen LogP contribution in [0.3, 0.4) is 0 Å². The minimum absolute atomic E-state index is 0.219. The SMILES string of the molecule is Cc1ccc(S(=O)(=O)Nc2ccc(Nc3ccc(Cl)nn3)cc2)cc1. The van der Waals surface area contributed by atoms with E-state index in [4.69, 9.17) is 11.6 Å². The number of sulfonamides is 1. The summed E-state index contributed by atoms with van der Waals surface area (Å²) in [4.78, 5) is 0.219. The lowest BCUT2D eigenvalue weighted by Crippen LogP contribution is -2.12. The Bertz CT molecular complexity index is 957. The van der Waals surface area contributed by atoms with Gasteiger partial charge in [-0.15, -0.1) is 10.2 Å². The monoisotopic (exact) mass is 374 g/mol. The third kappa shape index (κ3) is 4.46. The number of aromatic nitrogens is 2. The highest BCUT2D eigenvalue weighted by Crippen LogP contribution is 2.20. The molecular formula is C17H15ClN4O2S. The highest BCUT2D eigenvalue weighted by Gasteiger charge is 2.13. The van der Waals surface area contributed by atoms with E-state index in [1.54, 1.807) is 60.7 Å². The number of rotatable bonds is 5. The zero-order valence-corrected chi connectivity index (χ0v) is 14.8. The van der Waals surface area contributed by atoms with E-state index in [2.05, 4.69) is 20.2 Å². The van der Waals surface area contributed by atoms with Gasteiger partial charge in [-0.3, -0.25) is 4.72 Å². The van der Waals surface area contributed by atoms with Crippen LogP contribution in [0.5, 0.6) is 0 Å². The molecule has 0 amide bonds. The number of nitrogens with one attached hydrogen (secondary N) is 2. The van der Waals surface area contributed by atoms with Gasteiger partial charge in [-0.2, -0.15) is 0 Å². The fraction of sp³-hybridized carbons (Fsp3) is 0.0588. The van der Waals surface area contributed by atoms with Crippen molar-refractivity contribution in [3.63, 3.8) is 0 Å². The van der Waals surface area contributed by atoms with Crippen molar-refractivity contribution in [2.45, 2.75) is 11.8 Å². The Labute approximate surface area is 150 Å². The standard InChI is InChI=1S/C17H15ClN4O2S/c1-12-2-8-15(9-3-12)25(23,24)22-14-6-4-13(5-7-14)19-17-11-10-16(18)20-21-17/h2-11,22H,1H3,(H,19,21). The summed E-state index contributed by atoms with van der Waals surface area (Å²) in [6.45, 7) is 1.90. The molecule has 0 saturated carbocycles. The second-order valence-electron chi connectivity index (χ2n) is 5.36. The Morgan fingerprint density at radius 2 is 1.48 bits per heavy atom. The predicted octanol–water partition coefficient (Wildman–Crippen LogP) is 3.98. The number of hydrogen-bond donors (Lipinski definition) is 2. The maximum atomic E-state index is 12.4. The Hall–Kier alpha value is -2.64. The minimum atomic E-state index is -3.61. The van der Waals surface area contributed by atoms with Crippen LogP contribution in [0.4, 0.5) is 17.2 Å². The molecule has 0 fully saturated rings. The molecule has 0 spiro atoms. The minimum Gasteiger partial charge on any atom is -0.339 e. The maximum Gasteiger partial charge on any atom is 0.261 e. The summed E-state index contributed by atoms with van der Waals surface area (Å²) in [6.07, 6.45) is 0. The summed E-state index contributed by atoms with van der Waals surface area (Å²) in [5.41, 5.74) is 2.21. The summed E-state index contributed by atoms with van der Waals surface area (Å²) in [7, 11) is -3.61. The van der Waals surface area contributed by atoms with Crippen LogP contribution in [0.15, 0.2) is 65.6 Å². The van der Waals surface area contributed by atoms with Gasteiger partial charge in [0.05, 0.1) is 4.90 Å². The van der Waals surface area contributed by atoms with Gasteiger partial charge >= 0.3 is 0 Å². The Morgan fingerprint density at radius 3 is 2.08 bits per heavy atom. The number of benzene rings is 2.